The van der Waals surface area contributed by atoms with Crippen molar-refractivity contribution in [2.75, 3.05) is 11.9 Å². The van der Waals surface area contributed by atoms with Gasteiger partial charge in [-0.25, -0.2) is 9.37 Å². The third-order valence-electron chi connectivity index (χ3n) is 5.81. The molecular weight excluding hydrogens is 412 g/mol. The lowest BCUT2D eigenvalue weighted by Crippen LogP contribution is -2.43. The van der Waals surface area contributed by atoms with E-state index in [1.165, 1.54) is 28.7 Å². The van der Waals surface area contributed by atoms with E-state index in [1.54, 1.807) is 18.2 Å². The van der Waals surface area contributed by atoms with Gasteiger partial charge in [0.2, 0.25) is 0 Å². The molecular formula is C22H22F4N4O. The number of carbonyl (C=O) groups excluding carboxylic acids is 1. The fraction of sp³-hybridized carbons (Fsp3) is 0.364. The Labute approximate surface area is 176 Å². The highest BCUT2D eigenvalue weighted by Crippen LogP contribution is 2.31. The van der Waals surface area contributed by atoms with Crippen LogP contribution in [0.3, 0.4) is 0 Å². The number of nitrogens with zero attached hydrogens (tertiary/aromatic N) is 3. The second-order valence-corrected chi connectivity index (χ2v) is 7.83. The molecule has 31 heavy (non-hydrogen) atoms. The number of alkyl halides is 3. The third kappa shape index (κ3) is 4.50. The molecule has 1 amide bonds. The second kappa shape index (κ2) is 8.20. The molecule has 1 fully saturated rings. The van der Waals surface area contributed by atoms with E-state index in [1.807, 2.05) is 11.9 Å². The van der Waals surface area contributed by atoms with Crippen LogP contribution in [0.5, 0.6) is 0 Å². The first-order chi connectivity index (χ1) is 14.7. The van der Waals surface area contributed by atoms with Gasteiger partial charge < -0.3 is 10.2 Å². The molecule has 9 heteroatoms. The lowest BCUT2D eigenvalue weighted by molar-refractivity contribution is -0.140. The van der Waals surface area contributed by atoms with E-state index >= 15 is 0 Å². The van der Waals surface area contributed by atoms with Gasteiger partial charge in [-0.1, -0.05) is 6.07 Å². The number of hydrogen-bond donors (Lipinski definition) is 1. The van der Waals surface area contributed by atoms with E-state index in [0.717, 1.165) is 31.9 Å². The van der Waals surface area contributed by atoms with Crippen molar-refractivity contribution in [2.24, 2.45) is 0 Å². The van der Waals surface area contributed by atoms with E-state index in [-0.39, 0.29) is 23.6 Å². The molecule has 3 aromatic rings. The Balaban J connectivity index is 1.41. The number of hydrogen-bond acceptors (Lipinski definition) is 3. The van der Waals surface area contributed by atoms with Gasteiger partial charge in [0.15, 0.2) is 5.69 Å². The van der Waals surface area contributed by atoms with Crippen molar-refractivity contribution in [2.45, 2.75) is 43.9 Å². The van der Waals surface area contributed by atoms with Gasteiger partial charge in [-0.05, 0) is 62.1 Å². The number of fused-ring (bicyclic) bond motifs is 1. The molecule has 1 aliphatic carbocycles. The van der Waals surface area contributed by atoms with Crippen LogP contribution >= 0.6 is 0 Å². The summed E-state index contributed by atoms with van der Waals surface area (Å²) in [5.41, 5.74) is -0.259. The van der Waals surface area contributed by atoms with Crippen LogP contribution in [-0.2, 0) is 6.18 Å². The zero-order valence-electron chi connectivity index (χ0n) is 16.9. The molecule has 0 saturated heterocycles. The zero-order chi connectivity index (χ0) is 22.2. The molecule has 0 radical (unpaired) electrons. The van der Waals surface area contributed by atoms with Gasteiger partial charge in [0, 0.05) is 30.9 Å². The summed E-state index contributed by atoms with van der Waals surface area (Å²) in [6.07, 6.45) is -0.423. The smallest absolute Gasteiger partial charge is 0.358 e. The first-order valence-corrected chi connectivity index (χ1v) is 10.1. The molecule has 164 valence electrons. The average molecular weight is 434 g/mol. The topological polar surface area (TPSA) is 49.6 Å². The number of rotatable bonds is 4. The van der Waals surface area contributed by atoms with Crippen LogP contribution in [-0.4, -0.2) is 34.4 Å². The van der Waals surface area contributed by atoms with E-state index in [4.69, 9.17) is 0 Å². The third-order valence-corrected chi connectivity index (χ3v) is 5.81. The summed E-state index contributed by atoms with van der Waals surface area (Å²) in [7, 11) is 1.87. The van der Waals surface area contributed by atoms with Crippen LogP contribution in [0, 0.1) is 5.82 Å². The Morgan fingerprint density at radius 2 is 1.77 bits per heavy atom. The number of aromatic nitrogens is 2. The number of nitrogens with one attached hydrogen (secondary N) is 1. The van der Waals surface area contributed by atoms with Crippen molar-refractivity contribution < 1.29 is 22.4 Å². The van der Waals surface area contributed by atoms with Crippen LogP contribution < -0.4 is 10.2 Å². The van der Waals surface area contributed by atoms with Crippen LogP contribution in [0.15, 0.2) is 48.7 Å². The van der Waals surface area contributed by atoms with Crippen molar-refractivity contribution in [3.63, 3.8) is 0 Å². The highest BCUT2D eigenvalue weighted by atomic mass is 19.4. The summed E-state index contributed by atoms with van der Waals surface area (Å²) >= 11 is 0. The normalized spacial score (nSPS) is 19.4. The van der Waals surface area contributed by atoms with Crippen LogP contribution in [0.25, 0.3) is 5.65 Å². The minimum Gasteiger partial charge on any atom is -0.358 e. The SMILES string of the molecule is CN(c1cccc2nc(C(F)(F)F)cn12)C1CCC(NC(=O)c2ccc(F)cc2)CC1. The van der Waals surface area contributed by atoms with Gasteiger partial charge in [0.1, 0.15) is 17.3 Å². The molecule has 0 atom stereocenters. The fourth-order valence-corrected chi connectivity index (χ4v) is 4.08. The number of benzene rings is 1. The van der Waals surface area contributed by atoms with Gasteiger partial charge in [-0.2, -0.15) is 13.2 Å². The monoisotopic (exact) mass is 434 g/mol. The molecule has 0 bridgehead atoms. The number of anilines is 1. The van der Waals surface area contributed by atoms with Crippen LogP contribution in [0.4, 0.5) is 23.4 Å². The Hall–Kier alpha value is -3.10. The van der Waals surface area contributed by atoms with Crippen molar-refractivity contribution in [3.05, 3.63) is 65.7 Å². The summed E-state index contributed by atoms with van der Waals surface area (Å²) < 4.78 is 53.7. The molecule has 0 spiro atoms. The first kappa shape index (κ1) is 21.1. The lowest BCUT2D eigenvalue weighted by atomic mass is 9.90. The van der Waals surface area contributed by atoms with Crippen molar-refractivity contribution >= 4 is 17.4 Å². The van der Waals surface area contributed by atoms with Gasteiger partial charge in [0.25, 0.3) is 5.91 Å². The van der Waals surface area contributed by atoms with Gasteiger partial charge in [-0.3, -0.25) is 9.20 Å². The van der Waals surface area contributed by atoms with Crippen molar-refractivity contribution in [3.8, 4) is 0 Å². The van der Waals surface area contributed by atoms with Gasteiger partial charge in [-0.15, -0.1) is 0 Å². The minimum absolute atomic E-state index is 0.00284. The number of halogens is 4. The molecule has 1 N–H and O–H groups in total. The fourth-order valence-electron chi connectivity index (χ4n) is 4.08. The maximum Gasteiger partial charge on any atom is 0.434 e. The predicted molar refractivity (Wildman–Crippen MR) is 109 cm³/mol. The summed E-state index contributed by atoms with van der Waals surface area (Å²) in [6.45, 7) is 0. The molecule has 2 heterocycles. The minimum atomic E-state index is -4.50. The van der Waals surface area contributed by atoms with E-state index in [2.05, 4.69) is 10.3 Å². The Morgan fingerprint density at radius 3 is 2.42 bits per heavy atom. The molecule has 2 aromatic heterocycles. The predicted octanol–water partition coefficient (Wildman–Crippen LogP) is 4.67. The largest absolute Gasteiger partial charge is 0.434 e. The Kier molecular flexibility index (Phi) is 5.60. The summed E-state index contributed by atoms with van der Waals surface area (Å²) in [4.78, 5) is 18.0. The Morgan fingerprint density at radius 1 is 1.10 bits per heavy atom. The summed E-state index contributed by atoms with van der Waals surface area (Å²) in [5.74, 6) is 0.00864. The van der Waals surface area contributed by atoms with Crippen molar-refractivity contribution in [1.82, 2.24) is 14.7 Å². The number of pyridine rings is 1. The second-order valence-electron chi connectivity index (χ2n) is 7.83. The standard InChI is InChI=1S/C22H22F4N4O/c1-29(20-4-2-3-19-28-18(13-30(19)20)22(24,25)26)17-11-9-16(10-12-17)27-21(31)14-5-7-15(23)8-6-14/h2-8,13,16-17H,9-12H2,1H3,(H,27,31). The summed E-state index contributed by atoms with van der Waals surface area (Å²) in [6, 6.07) is 10.6. The van der Waals surface area contributed by atoms with Crippen LogP contribution in [0.1, 0.15) is 41.7 Å². The zero-order valence-corrected chi connectivity index (χ0v) is 16.9. The molecule has 0 aliphatic heterocycles. The average Bonchev–Trinajstić information content (AvgIpc) is 3.19. The van der Waals surface area contributed by atoms with E-state index in [0.29, 0.717) is 11.4 Å². The van der Waals surface area contributed by atoms with Crippen LogP contribution in [0.2, 0.25) is 0 Å². The number of amides is 1. The molecule has 1 saturated carbocycles. The van der Waals surface area contributed by atoms with E-state index < -0.39 is 17.7 Å². The lowest BCUT2D eigenvalue weighted by Gasteiger charge is -2.36. The summed E-state index contributed by atoms with van der Waals surface area (Å²) in [5, 5.41) is 2.98. The maximum absolute atomic E-state index is 13.1. The first-order valence-electron chi connectivity index (χ1n) is 10.1. The van der Waals surface area contributed by atoms with E-state index in [9.17, 15) is 22.4 Å². The highest BCUT2D eigenvalue weighted by Gasteiger charge is 2.34. The molecule has 5 nitrogen and oxygen atoms in total. The van der Waals surface area contributed by atoms with Gasteiger partial charge >= 0.3 is 6.18 Å². The molecule has 0 unspecified atom stereocenters. The van der Waals surface area contributed by atoms with Gasteiger partial charge in [0.05, 0.1) is 0 Å². The molecule has 1 aromatic carbocycles. The number of imidazole rings is 1. The quantitative estimate of drug-likeness (QED) is 0.608. The Bertz CT molecular complexity index is 1070. The molecule has 4 rings (SSSR count). The number of carbonyl (C=O) groups is 1. The van der Waals surface area contributed by atoms with Crippen molar-refractivity contribution in [1.29, 1.82) is 0 Å². The maximum atomic E-state index is 13.1. The molecule has 1 aliphatic rings. The highest BCUT2D eigenvalue weighted by molar-refractivity contribution is 5.94.